The molecule has 144 valence electrons. The topological polar surface area (TPSA) is 49.7 Å². The first-order valence-electron chi connectivity index (χ1n) is 9.69. The normalized spacial score (nSPS) is 12.0. The molecule has 0 aliphatic carbocycles. The van der Waals surface area contributed by atoms with Crippen LogP contribution in [0.2, 0.25) is 0 Å². The van der Waals surface area contributed by atoms with Crippen molar-refractivity contribution in [2.24, 2.45) is 0 Å². The molecule has 0 spiro atoms. The first-order valence-corrected chi connectivity index (χ1v) is 9.69. The van der Waals surface area contributed by atoms with Gasteiger partial charge < -0.3 is 14.9 Å². The van der Waals surface area contributed by atoms with Gasteiger partial charge in [0.1, 0.15) is 5.75 Å². The number of hydrogen-bond donors (Lipinski definition) is 2. The second-order valence-electron chi connectivity index (χ2n) is 6.63. The van der Waals surface area contributed by atoms with E-state index in [1.807, 2.05) is 48.5 Å². The van der Waals surface area contributed by atoms with Gasteiger partial charge in [-0.25, -0.2) is 0 Å². The molecule has 0 aliphatic heterocycles. The second-order valence-corrected chi connectivity index (χ2v) is 6.63. The quantitative estimate of drug-likeness (QED) is 0.569. The largest absolute Gasteiger partial charge is 0.465 e. The summed E-state index contributed by atoms with van der Waals surface area (Å²) in [6, 6.07) is 19.3. The first kappa shape index (κ1) is 22.2. The molecule has 0 bridgehead atoms. The van der Waals surface area contributed by atoms with E-state index in [9.17, 15) is 5.11 Å². The fourth-order valence-electron chi connectivity index (χ4n) is 2.80. The van der Waals surface area contributed by atoms with Gasteiger partial charge in [-0.05, 0) is 37.5 Å². The number of unbranched alkanes of at least 4 members (excludes halogenated alkanes) is 2. The van der Waals surface area contributed by atoms with E-state index in [4.69, 9.17) is 9.84 Å². The predicted octanol–water partition coefficient (Wildman–Crippen LogP) is 5.66. The van der Waals surface area contributed by atoms with E-state index >= 15 is 0 Å². The van der Waals surface area contributed by atoms with Crippen LogP contribution in [0.5, 0.6) is 5.75 Å². The highest BCUT2D eigenvalue weighted by Gasteiger charge is 2.27. The van der Waals surface area contributed by atoms with E-state index in [2.05, 4.69) is 13.8 Å². The molecular formula is C23H34O3. The summed E-state index contributed by atoms with van der Waals surface area (Å²) in [5.74, 6) is 0.692. The number of aliphatic hydroxyl groups excluding tert-OH is 1. The number of hydrogen-bond acceptors (Lipinski definition) is 3. The van der Waals surface area contributed by atoms with Crippen molar-refractivity contribution in [3.63, 3.8) is 0 Å². The Kier molecular flexibility index (Phi) is 10.7. The van der Waals surface area contributed by atoms with Crippen molar-refractivity contribution in [3.05, 3.63) is 66.2 Å². The zero-order chi connectivity index (χ0) is 19.3. The van der Waals surface area contributed by atoms with E-state index in [1.54, 1.807) is 19.1 Å². The van der Waals surface area contributed by atoms with Gasteiger partial charge in [0, 0.05) is 0 Å². The van der Waals surface area contributed by atoms with Crippen LogP contribution in [0, 0.1) is 0 Å². The van der Waals surface area contributed by atoms with Gasteiger partial charge >= 0.3 is 0 Å². The number of para-hydroxylation sites is 1. The summed E-state index contributed by atoms with van der Waals surface area (Å²) >= 11 is 0. The third-order valence-electron chi connectivity index (χ3n) is 4.25. The summed E-state index contributed by atoms with van der Waals surface area (Å²) in [5.41, 5.74) is 0.477. The maximum absolute atomic E-state index is 10.7. The van der Waals surface area contributed by atoms with Crippen molar-refractivity contribution in [2.45, 2.75) is 71.2 Å². The fraction of sp³-hybridized carbons (Fsp3) is 0.478. The zero-order valence-corrected chi connectivity index (χ0v) is 16.4. The molecule has 2 aromatic carbocycles. The lowest BCUT2D eigenvalue weighted by Gasteiger charge is -2.28. The lowest BCUT2D eigenvalue weighted by molar-refractivity contribution is -0.000302. The minimum atomic E-state index is -0.734. The molecule has 0 amide bonds. The van der Waals surface area contributed by atoms with Crippen molar-refractivity contribution in [1.29, 1.82) is 0 Å². The van der Waals surface area contributed by atoms with Gasteiger partial charge in [0.25, 0.3) is 0 Å². The molecule has 0 heterocycles. The maximum atomic E-state index is 10.7. The molecule has 0 fully saturated rings. The minimum absolute atomic E-state index is 0.604. The molecule has 0 saturated carbocycles. The Morgan fingerprint density at radius 1 is 0.846 bits per heavy atom. The molecule has 26 heavy (non-hydrogen) atoms. The highest BCUT2D eigenvalue weighted by Crippen LogP contribution is 2.32. The average Bonchev–Trinajstić information content (AvgIpc) is 2.66. The highest BCUT2D eigenvalue weighted by atomic mass is 16.6. The van der Waals surface area contributed by atoms with E-state index in [0.29, 0.717) is 5.75 Å². The summed E-state index contributed by atoms with van der Waals surface area (Å²) in [4.78, 5) is 0. The van der Waals surface area contributed by atoms with Crippen LogP contribution in [0.1, 0.15) is 64.9 Å². The Bertz CT molecular complexity index is 559. The third kappa shape index (κ3) is 8.50. The van der Waals surface area contributed by atoms with Crippen molar-refractivity contribution in [1.82, 2.24) is 0 Å². The Labute approximate surface area is 158 Å². The van der Waals surface area contributed by atoms with Gasteiger partial charge in [-0.15, -0.1) is 0 Å². The standard InChI is InChI=1S/C15H24O.C8H10O2/c1-3-5-12-15(16,13-6-4-2)14-10-8-7-9-11-14;1-7(9)10-8-5-3-2-4-6-8/h7-11,16H,3-6,12-13H2,1-2H3;2-7,9H,1H3. The van der Waals surface area contributed by atoms with Crippen molar-refractivity contribution < 1.29 is 14.9 Å². The van der Waals surface area contributed by atoms with Gasteiger partial charge in [0.05, 0.1) is 5.60 Å². The molecule has 0 radical (unpaired) electrons. The van der Waals surface area contributed by atoms with E-state index in [-0.39, 0.29) is 0 Å². The van der Waals surface area contributed by atoms with Crippen LogP contribution in [0.25, 0.3) is 0 Å². The highest BCUT2D eigenvalue weighted by molar-refractivity contribution is 5.22. The SMILES string of the molecule is CC(O)Oc1ccccc1.CCCCC(O)(CCCC)c1ccccc1. The molecule has 0 aliphatic rings. The van der Waals surface area contributed by atoms with E-state index in [1.165, 1.54) is 0 Å². The molecule has 0 saturated heterocycles. The first-order chi connectivity index (χ1) is 12.5. The lowest BCUT2D eigenvalue weighted by Crippen LogP contribution is -2.25. The summed E-state index contributed by atoms with van der Waals surface area (Å²) in [5, 5.41) is 19.5. The molecule has 2 aromatic rings. The van der Waals surface area contributed by atoms with Gasteiger partial charge in [-0.2, -0.15) is 0 Å². The van der Waals surface area contributed by atoms with Crippen LogP contribution in [-0.2, 0) is 5.60 Å². The van der Waals surface area contributed by atoms with Gasteiger partial charge in [-0.3, -0.25) is 0 Å². The Morgan fingerprint density at radius 2 is 1.31 bits per heavy atom. The van der Waals surface area contributed by atoms with E-state index < -0.39 is 11.9 Å². The van der Waals surface area contributed by atoms with Crippen LogP contribution in [0.3, 0.4) is 0 Å². The smallest absolute Gasteiger partial charge is 0.194 e. The molecule has 1 atom stereocenters. The Morgan fingerprint density at radius 3 is 1.73 bits per heavy atom. The zero-order valence-electron chi connectivity index (χ0n) is 16.4. The van der Waals surface area contributed by atoms with Crippen LogP contribution >= 0.6 is 0 Å². The van der Waals surface area contributed by atoms with Crippen LogP contribution in [0.15, 0.2) is 60.7 Å². The van der Waals surface area contributed by atoms with Crippen molar-refractivity contribution in [3.8, 4) is 5.75 Å². The van der Waals surface area contributed by atoms with Crippen LogP contribution in [0.4, 0.5) is 0 Å². The predicted molar refractivity (Wildman–Crippen MR) is 108 cm³/mol. The summed E-state index contributed by atoms with van der Waals surface area (Å²) in [6.45, 7) is 5.92. The molecule has 0 aromatic heterocycles. The minimum Gasteiger partial charge on any atom is -0.465 e. The Balaban J connectivity index is 0.000000289. The molecule has 2 rings (SSSR count). The number of aliphatic hydroxyl groups is 2. The lowest BCUT2D eigenvalue weighted by atomic mass is 9.84. The monoisotopic (exact) mass is 358 g/mol. The molecule has 3 heteroatoms. The molecule has 3 nitrogen and oxygen atoms in total. The summed E-state index contributed by atoms with van der Waals surface area (Å²) < 4.78 is 4.97. The van der Waals surface area contributed by atoms with Gasteiger partial charge in [0.15, 0.2) is 6.29 Å². The van der Waals surface area contributed by atoms with Crippen LogP contribution in [-0.4, -0.2) is 16.5 Å². The number of ether oxygens (including phenoxy) is 1. The van der Waals surface area contributed by atoms with E-state index in [0.717, 1.165) is 44.1 Å². The number of rotatable bonds is 9. The van der Waals surface area contributed by atoms with Gasteiger partial charge in [0.2, 0.25) is 0 Å². The van der Waals surface area contributed by atoms with Crippen LogP contribution < -0.4 is 4.74 Å². The average molecular weight is 359 g/mol. The Hall–Kier alpha value is -1.84. The fourth-order valence-corrected chi connectivity index (χ4v) is 2.80. The molecule has 2 N–H and O–H groups in total. The third-order valence-corrected chi connectivity index (χ3v) is 4.25. The summed E-state index contributed by atoms with van der Waals surface area (Å²) in [7, 11) is 0. The second kappa shape index (κ2) is 12.5. The molecule has 1 unspecified atom stereocenters. The number of benzene rings is 2. The van der Waals surface area contributed by atoms with Crippen molar-refractivity contribution in [2.75, 3.05) is 0 Å². The summed E-state index contributed by atoms with van der Waals surface area (Å²) in [6.07, 6.45) is 5.50. The molecular weight excluding hydrogens is 324 g/mol. The maximum Gasteiger partial charge on any atom is 0.194 e. The van der Waals surface area contributed by atoms with Gasteiger partial charge in [-0.1, -0.05) is 88.1 Å². The van der Waals surface area contributed by atoms with Crippen molar-refractivity contribution >= 4 is 0 Å².